The molecule has 0 amide bonds. The van der Waals surface area contributed by atoms with Crippen LogP contribution in [0.1, 0.15) is 51.6 Å². The zero-order valence-electron chi connectivity index (χ0n) is 19.4. The van der Waals surface area contributed by atoms with E-state index in [2.05, 4.69) is 54.5 Å². The van der Waals surface area contributed by atoms with E-state index in [1.807, 2.05) is 6.07 Å². The normalized spacial score (nSPS) is 28.3. The van der Waals surface area contributed by atoms with Gasteiger partial charge in [-0.25, -0.2) is 0 Å². The number of benzene rings is 1. The van der Waals surface area contributed by atoms with Gasteiger partial charge in [0.1, 0.15) is 5.75 Å². The topological polar surface area (TPSA) is 58.1 Å². The molecule has 6 nitrogen and oxygen atoms in total. The molecule has 174 valence electrons. The van der Waals surface area contributed by atoms with E-state index in [-0.39, 0.29) is 35.4 Å². The summed E-state index contributed by atoms with van der Waals surface area (Å²) in [5, 5.41) is 7.23. The second kappa shape index (κ2) is 10.7. The van der Waals surface area contributed by atoms with Crippen molar-refractivity contribution in [1.82, 2.24) is 15.5 Å². The van der Waals surface area contributed by atoms with Crippen LogP contribution in [-0.4, -0.2) is 62.9 Å². The third-order valence-electron chi connectivity index (χ3n) is 7.22. The molecule has 0 aromatic heterocycles. The molecular formula is C24H39IN4O2. The average molecular weight is 543 g/mol. The van der Waals surface area contributed by atoms with E-state index in [0.29, 0.717) is 18.1 Å². The number of halogens is 1. The predicted octanol–water partition coefficient (Wildman–Crippen LogP) is 3.82. The van der Waals surface area contributed by atoms with Crippen molar-refractivity contribution < 1.29 is 9.47 Å². The molecule has 4 unspecified atom stereocenters. The van der Waals surface area contributed by atoms with Crippen molar-refractivity contribution in [2.75, 3.05) is 39.9 Å². The van der Waals surface area contributed by atoms with Gasteiger partial charge in [0.2, 0.25) is 0 Å². The Kier molecular flexibility index (Phi) is 8.49. The van der Waals surface area contributed by atoms with Crippen LogP contribution in [0.4, 0.5) is 0 Å². The van der Waals surface area contributed by atoms with E-state index < -0.39 is 0 Å². The Balaban J connectivity index is 0.00000272. The summed E-state index contributed by atoms with van der Waals surface area (Å²) in [6, 6.07) is 9.14. The van der Waals surface area contributed by atoms with E-state index in [1.165, 1.54) is 18.4 Å². The summed E-state index contributed by atoms with van der Waals surface area (Å²) in [6.45, 7) is 11.5. The molecule has 4 rings (SSSR count). The van der Waals surface area contributed by atoms with E-state index in [0.717, 1.165) is 50.9 Å². The Morgan fingerprint density at radius 1 is 1.32 bits per heavy atom. The minimum absolute atomic E-state index is 0. The Hall–Kier alpha value is -1.06. The number of methoxy groups -OCH3 is 1. The van der Waals surface area contributed by atoms with Gasteiger partial charge in [0.05, 0.1) is 25.8 Å². The van der Waals surface area contributed by atoms with Gasteiger partial charge in [0.25, 0.3) is 0 Å². The van der Waals surface area contributed by atoms with Gasteiger partial charge in [-0.05, 0) is 57.0 Å². The Morgan fingerprint density at radius 2 is 2.10 bits per heavy atom. The highest BCUT2D eigenvalue weighted by Gasteiger charge is 2.59. The first-order valence-electron chi connectivity index (χ1n) is 11.6. The SMILES string of the molecule is CCNC(=NCC(c1cccc(OC)c1)N1CCCC1)NC1C2CCOC2C1(C)C.I. The lowest BCUT2D eigenvalue weighted by Gasteiger charge is -2.55. The minimum atomic E-state index is 0. The lowest BCUT2D eigenvalue weighted by molar-refractivity contribution is -0.106. The Bertz CT molecular complexity index is 751. The first kappa shape index (κ1) is 24.6. The van der Waals surface area contributed by atoms with Crippen LogP contribution in [0.5, 0.6) is 5.75 Å². The summed E-state index contributed by atoms with van der Waals surface area (Å²) in [4.78, 5) is 7.63. The van der Waals surface area contributed by atoms with Crippen molar-refractivity contribution in [3.8, 4) is 5.75 Å². The van der Waals surface area contributed by atoms with Crippen molar-refractivity contribution in [2.24, 2.45) is 16.3 Å². The average Bonchev–Trinajstić information content (AvgIpc) is 3.43. The molecule has 2 aliphatic heterocycles. The molecule has 31 heavy (non-hydrogen) atoms. The number of fused-ring (bicyclic) bond motifs is 1. The Morgan fingerprint density at radius 3 is 2.81 bits per heavy atom. The first-order chi connectivity index (χ1) is 14.5. The van der Waals surface area contributed by atoms with Gasteiger partial charge < -0.3 is 20.1 Å². The third kappa shape index (κ3) is 5.14. The van der Waals surface area contributed by atoms with E-state index in [9.17, 15) is 0 Å². The van der Waals surface area contributed by atoms with Crippen molar-refractivity contribution in [1.29, 1.82) is 0 Å². The molecular weight excluding hydrogens is 503 g/mol. The fourth-order valence-electron chi connectivity index (χ4n) is 5.60. The molecule has 3 aliphatic rings. The largest absolute Gasteiger partial charge is 0.497 e. The van der Waals surface area contributed by atoms with Crippen molar-refractivity contribution in [3.63, 3.8) is 0 Å². The molecule has 1 aromatic carbocycles. The van der Waals surface area contributed by atoms with Crippen LogP contribution >= 0.6 is 24.0 Å². The quantitative estimate of drug-likeness (QED) is 0.312. The first-order valence-corrected chi connectivity index (χ1v) is 11.6. The number of hydrogen-bond donors (Lipinski definition) is 2. The highest BCUT2D eigenvalue weighted by molar-refractivity contribution is 14.0. The fourth-order valence-corrected chi connectivity index (χ4v) is 5.60. The van der Waals surface area contributed by atoms with Crippen LogP contribution in [0, 0.1) is 11.3 Å². The van der Waals surface area contributed by atoms with Gasteiger partial charge in [-0.1, -0.05) is 26.0 Å². The number of ether oxygens (including phenoxy) is 2. The maximum absolute atomic E-state index is 5.97. The predicted molar refractivity (Wildman–Crippen MR) is 136 cm³/mol. The summed E-state index contributed by atoms with van der Waals surface area (Å²) in [5.74, 6) is 2.43. The fraction of sp³-hybridized carbons (Fsp3) is 0.708. The van der Waals surface area contributed by atoms with E-state index in [1.54, 1.807) is 7.11 Å². The molecule has 0 bridgehead atoms. The molecule has 2 heterocycles. The molecule has 3 fully saturated rings. The van der Waals surface area contributed by atoms with Gasteiger partial charge in [-0.15, -0.1) is 24.0 Å². The maximum atomic E-state index is 5.97. The summed E-state index contributed by atoms with van der Waals surface area (Å²) >= 11 is 0. The van der Waals surface area contributed by atoms with Crippen LogP contribution in [0.3, 0.4) is 0 Å². The van der Waals surface area contributed by atoms with E-state index in [4.69, 9.17) is 14.5 Å². The molecule has 0 spiro atoms. The lowest BCUT2D eigenvalue weighted by atomic mass is 9.57. The molecule has 2 saturated heterocycles. The zero-order chi connectivity index (χ0) is 21.1. The monoisotopic (exact) mass is 542 g/mol. The van der Waals surface area contributed by atoms with Crippen molar-refractivity contribution in [2.45, 2.75) is 58.2 Å². The van der Waals surface area contributed by atoms with Gasteiger partial charge in [0, 0.05) is 30.5 Å². The molecule has 7 heteroatoms. The number of nitrogens with zero attached hydrogens (tertiary/aromatic N) is 2. The summed E-state index contributed by atoms with van der Waals surface area (Å²) in [5.41, 5.74) is 1.42. The summed E-state index contributed by atoms with van der Waals surface area (Å²) in [7, 11) is 1.73. The van der Waals surface area contributed by atoms with E-state index >= 15 is 0 Å². The molecule has 2 N–H and O–H groups in total. The molecule has 0 radical (unpaired) electrons. The third-order valence-corrected chi connectivity index (χ3v) is 7.22. The highest BCUT2D eigenvalue weighted by Crippen LogP contribution is 2.52. The molecule has 4 atom stereocenters. The van der Waals surface area contributed by atoms with Crippen LogP contribution in [0.25, 0.3) is 0 Å². The molecule has 1 aromatic rings. The van der Waals surface area contributed by atoms with Crippen molar-refractivity contribution >= 4 is 29.9 Å². The number of aliphatic imine (C=N–C) groups is 1. The van der Waals surface area contributed by atoms with Crippen molar-refractivity contribution in [3.05, 3.63) is 29.8 Å². The van der Waals surface area contributed by atoms with Gasteiger partial charge in [-0.2, -0.15) is 0 Å². The van der Waals surface area contributed by atoms with Crippen LogP contribution in [0.15, 0.2) is 29.3 Å². The number of guanidine groups is 1. The van der Waals surface area contributed by atoms with Gasteiger partial charge >= 0.3 is 0 Å². The van der Waals surface area contributed by atoms with Gasteiger partial charge in [0.15, 0.2) is 5.96 Å². The summed E-state index contributed by atoms with van der Waals surface area (Å²) in [6.07, 6.45) is 4.06. The second-order valence-electron chi connectivity index (χ2n) is 9.44. The number of hydrogen-bond acceptors (Lipinski definition) is 4. The van der Waals surface area contributed by atoms with Crippen LogP contribution < -0.4 is 15.4 Å². The smallest absolute Gasteiger partial charge is 0.191 e. The standard InChI is InChI=1S/C24H38N4O2.HI/c1-5-25-23(27-21-19-11-14-30-22(19)24(21,2)3)26-16-20(28-12-6-7-13-28)17-9-8-10-18(15-17)29-4;/h8-10,15,19-22H,5-7,11-14,16H2,1-4H3,(H2,25,26,27);1H. The zero-order valence-corrected chi connectivity index (χ0v) is 21.7. The van der Waals surface area contributed by atoms with Crippen LogP contribution in [0.2, 0.25) is 0 Å². The second-order valence-corrected chi connectivity index (χ2v) is 9.44. The molecule has 1 saturated carbocycles. The minimum Gasteiger partial charge on any atom is -0.497 e. The lowest BCUT2D eigenvalue weighted by Crippen LogP contribution is -2.68. The number of likely N-dealkylation sites (tertiary alicyclic amines) is 1. The maximum Gasteiger partial charge on any atom is 0.191 e. The highest BCUT2D eigenvalue weighted by atomic mass is 127. The van der Waals surface area contributed by atoms with Crippen LogP contribution in [-0.2, 0) is 4.74 Å². The summed E-state index contributed by atoms with van der Waals surface area (Å²) < 4.78 is 11.4. The Labute approximate surface area is 204 Å². The number of rotatable bonds is 7. The number of nitrogens with one attached hydrogen (secondary N) is 2. The van der Waals surface area contributed by atoms with Gasteiger partial charge in [-0.3, -0.25) is 9.89 Å². The molecule has 1 aliphatic carbocycles.